The number of rotatable bonds is 6. The molecule has 34 heavy (non-hydrogen) atoms. The van der Waals surface area contributed by atoms with Crippen LogP contribution < -0.4 is 14.4 Å². The summed E-state index contributed by atoms with van der Waals surface area (Å²) in [5.41, 5.74) is 0.848. The molecule has 1 aliphatic rings. The minimum absolute atomic E-state index is 0.0202. The van der Waals surface area contributed by atoms with E-state index in [0.29, 0.717) is 17.0 Å². The van der Waals surface area contributed by atoms with Gasteiger partial charge in [0.15, 0.2) is 0 Å². The van der Waals surface area contributed by atoms with E-state index in [1.165, 1.54) is 24.1 Å². The fraction of sp³-hybridized carbons (Fsp3) is 0.185. The van der Waals surface area contributed by atoms with Gasteiger partial charge in [-0.15, -0.1) is 0 Å². The smallest absolute Gasteiger partial charge is 0.300 e. The number of hydrogen-bond acceptors (Lipinski definition) is 5. The molecule has 1 fully saturated rings. The van der Waals surface area contributed by atoms with E-state index >= 15 is 0 Å². The lowest BCUT2D eigenvalue weighted by Crippen LogP contribution is -2.29. The lowest BCUT2D eigenvalue weighted by Gasteiger charge is -2.26. The number of amides is 1. The Balaban J connectivity index is 1.97. The van der Waals surface area contributed by atoms with Crippen molar-refractivity contribution in [2.24, 2.45) is 0 Å². The Morgan fingerprint density at radius 2 is 1.74 bits per heavy atom. The molecule has 0 spiro atoms. The van der Waals surface area contributed by atoms with Crippen molar-refractivity contribution in [1.29, 1.82) is 0 Å². The van der Waals surface area contributed by atoms with Crippen LogP contribution in [0.2, 0.25) is 0 Å². The van der Waals surface area contributed by atoms with Crippen LogP contribution in [0.25, 0.3) is 5.76 Å². The standard InChI is InChI=1S/C27H24FNO5/c1-16(2)34-20-11-7-8-17(14-20)24-23(25(30)21-15-18(28)12-13-22(21)33-3)26(31)27(32)29(24)19-9-5-4-6-10-19/h4-16,24,30H,1-3H3/b25-23+. The van der Waals surface area contributed by atoms with Crippen LogP contribution in [0, 0.1) is 5.82 Å². The number of anilines is 1. The highest BCUT2D eigenvalue weighted by Gasteiger charge is 2.47. The highest BCUT2D eigenvalue weighted by atomic mass is 19.1. The van der Waals surface area contributed by atoms with Crippen LogP contribution in [0.3, 0.4) is 0 Å². The highest BCUT2D eigenvalue weighted by molar-refractivity contribution is 6.51. The number of ketones is 1. The van der Waals surface area contributed by atoms with E-state index in [1.807, 2.05) is 13.8 Å². The normalized spacial score (nSPS) is 17.3. The van der Waals surface area contributed by atoms with E-state index in [4.69, 9.17) is 9.47 Å². The molecule has 1 aliphatic heterocycles. The Kier molecular flexibility index (Phi) is 6.36. The average molecular weight is 461 g/mol. The van der Waals surface area contributed by atoms with Crippen LogP contribution in [0.5, 0.6) is 11.5 Å². The first-order chi connectivity index (χ1) is 16.3. The van der Waals surface area contributed by atoms with Crippen LogP contribution in [-0.2, 0) is 9.59 Å². The van der Waals surface area contributed by atoms with Crippen molar-refractivity contribution in [1.82, 2.24) is 0 Å². The van der Waals surface area contributed by atoms with E-state index in [-0.39, 0.29) is 23.0 Å². The van der Waals surface area contributed by atoms with Gasteiger partial charge in [0.2, 0.25) is 0 Å². The summed E-state index contributed by atoms with van der Waals surface area (Å²) in [6.07, 6.45) is -0.0905. The number of carbonyl (C=O) groups is 2. The van der Waals surface area contributed by atoms with Crippen molar-refractivity contribution in [3.05, 3.63) is 95.3 Å². The third kappa shape index (κ3) is 4.24. The zero-order valence-electron chi connectivity index (χ0n) is 19.0. The van der Waals surface area contributed by atoms with Crippen LogP contribution in [0.4, 0.5) is 10.1 Å². The second-order valence-corrected chi connectivity index (χ2v) is 8.09. The van der Waals surface area contributed by atoms with E-state index in [2.05, 4.69) is 0 Å². The quantitative estimate of drug-likeness (QED) is 0.308. The number of halogens is 1. The molecule has 1 amide bonds. The lowest BCUT2D eigenvalue weighted by molar-refractivity contribution is -0.132. The highest BCUT2D eigenvalue weighted by Crippen LogP contribution is 2.43. The first kappa shape index (κ1) is 23.0. The third-order valence-corrected chi connectivity index (χ3v) is 5.44. The Morgan fingerprint density at radius 1 is 1.00 bits per heavy atom. The summed E-state index contributed by atoms with van der Waals surface area (Å²) in [4.78, 5) is 27.8. The molecular weight excluding hydrogens is 437 g/mol. The maximum atomic E-state index is 14.1. The summed E-state index contributed by atoms with van der Waals surface area (Å²) in [5, 5.41) is 11.3. The number of carbonyl (C=O) groups excluding carboxylic acids is 2. The van der Waals surface area contributed by atoms with E-state index in [9.17, 15) is 19.1 Å². The van der Waals surface area contributed by atoms with Gasteiger partial charge >= 0.3 is 0 Å². The molecule has 1 N–H and O–H groups in total. The molecule has 4 rings (SSSR count). The molecule has 1 unspecified atom stereocenters. The number of Topliss-reactive ketones (excluding diaryl/α,β-unsaturated/α-hetero) is 1. The molecule has 174 valence electrons. The molecular formula is C27H24FNO5. The van der Waals surface area contributed by atoms with Gasteiger partial charge in [0.25, 0.3) is 11.7 Å². The van der Waals surface area contributed by atoms with Crippen LogP contribution in [-0.4, -0.2) is 30.0 Å². The molecule has 0 radical (unpaired) electrons. The van der Waals surface area contributed by atoms with Gasteiger partial charge in [-0.1, -0.05) is 30.3 Å². The Bertz CT molecular complexity index is 1270. The van der Waals surface area contributed by atoms with Crippen molar-refractivity contribution in [3.63, 3.8) is 0 Å². The van der Waals surface area contributed by atoms with Gasteiger partial charge in [-0.25, -0.2) is 4.39 Å². The predicted octanol–water partition coefficient (Wildman–Crippen LogP) is 5.25. The lowest BCUT2D eigenvalue weighted by atomic mass is 9.94. The fourth-order valence-corrected chi connectivity index (χ4v) is 4.04. The van der Waals surface area contributed by atoms with Gasteiger partial charge in [-0.3, -0.25) is 14.5 Å². The number of benzene rings is 3. The molecule has 7 heteroatoms. The van der Waals surface area contributed by atoms with Crippen molar-refractivity contribution >= 4 is 23.1 Å². The topological polar surface area (TPSA) is 76.1 Å². The Morgan fingerprint density at radius 3 is 2.41 bits per heavy atom. The molecule has 0 saturated carbocycles. The average Bonchev–Trinajstić information content (AvgIpc) is 3.09. The van der Waals surface area contributed by atoms with Crippen LogP contribution in [0.15, 0.2) is 78.4 Å². The molecule has 1 heterocycles. The number of methoxy groups -OCH3 is 1. The Hall–Kier alpha value is -4.13. The third-order valence-electron chi connectivity index (χ3n) is 5.44. The fourth-order valence-electron chi connectivity index (χ4n) is 4.04. The first-order valence-corrected chi connectivity index (χ1v) is 10.8. The summed E-state index contributed by atoms with van der Waals surface area (Å²) in [6.45, 7) is 3.78. The molecule has 3 aromatic carbocycles. The summed E-state index contributed by atoms with van der Waals surface area (Å²) in [7, 11) is 1.37. The Labute approximate surface area is 196 Å². The van der Waals surface area contributed by atoms with E-state index in [0.717, 1.165) is 6.07 Å². The van der Waals surface area contributed by atoms with Crippen molar-refractivity contribution in [2.75, 3.05) is 12.0 Å². The van der Waals surface area contributed by atoms with Gasteiger partial charge < -0.3 is 14.6 Å². The SMILES string of the molecule is COc1ccc(F)cc1/C(O)=C1\C(=O)C(=O)N(c2ccccc2)C1c1cccc(OC(C)C)c1. The van der Waals surface area contributed by atoms with Gasteiger partial charge in [0, 0.05) is 5.69 Å². The summed E-state index contributed by atoms with van der Waals surface area (Å²) in [6, 6.07) is 18.3. The van der Waals surface area contributed by atoms with Crippen molar-refractivity contribution in [2.45, 2.75) is 26.0 Å². The molecule has 0 aliphatic carbocycles. The zero-order chi connectivity index (χ0) is 24.4. The number of hydrogen-bond donors (Lipinski definition) is 1. The van der Waals surface area contributed by atoms with Gasteiger partial charge in [0.05, 0.1) is 30.4 Å². The second-order valence-electron chi connectivity index (χ2n) is 8.09. The van der Waals surface area contributed by atoms with Gasteiger partial charge in [-0.05, 0) is 61.9 Å². The molecule has 6 nitrogen and oxygen atoms in total. The summed E-state index contributed by atoms with van der Waals surface area (Å²) >= 11 is 0. The summed E-state index contributed by atoms with van der Waals surface area (Å²) < 4.78 is 25.1. The molecule has 0 bridgehead atoms. The molecule has 3 aromatic rings. The number of nitrogens with zero attached hydrogens (tertiary/aromatic N) is 1. The second kappa shape index (κ2) is 9.39. The predicted molar refractivity (Wildman–Crippen MR) is 126 cm³/mol. The minimum Gasteiger partial charge on any atom is -0.507 e. The zero-order valence-corrected chi connectivity index (χ0v) is 19.0. The number of aliphatic hydroxyl groups excluding tert-OH is 1. The number of ether oxygens (including phenoxy) is 2. The minimum atomic E-state index is -0.967. The maximum absolute atomic E-state index is 14.1. The van der Waals surface area contributed by atoms with E-state index in [1.54, 1.807) is 54.6 Å². The van der Waals surface area contributed by atoms with Crippen molar-refractivity contribution in [3.8, 4) is 11.5 Å². The monoisotopic (exact) mass is 461 g/mol. The van der Waals surface area contributed by atoms with Gasteiger partial charge in [0.1, 0.15) is 23.1 Å². The summed E-state index contributed by atoms with van der Waals surface area (Å²) in [5.74, 6) is -2.11. The molecule has 1 atom stereocenters. The first-order valence-electron chi connectivity index (χ1n) is 10.8. The van der Waals surface area contributed by atoms with Crippen LogP contribution in [0.1, 0.15) is 31.0 Å². The van der Waals surface area contributed by atoms with Crippen molar-refractivity contribution < 1.29 is 28.6 Å². The largest absolute Gasteiger partial charge is 0.507 e. The van der Waals surface area contributed by atoms with Gasteiger partial charge in [-0.2, -0.15) is 0 Å². The number of para-hydroxylation sites is 1. The maximum Gasteiger partial charge on any atom is 0.300 e. The molecule has 0 aromatic heterocycles. The van der Waals surface area contributed by atoms with E-state index < -0.39 is 29.3 Å². The number of aliphatic hydroxyl groups is 1. The van der Waals surface area contributed by atoms with Crippen LogP contribution >= 0.6 is 0 Å². The molecule has 1 saturated heterocycles.